The van der Waals surface area contributed by atoms with E-state index < -0.39 is 0 Å². The van der Waals surface area contributed by atoms with Gasteiger partial charge in [-0.05, 0) is 13.3 Å². The summed E-state index contributed by atoms with van der Waals surface area (Å²) in [5.74, 6) is 0.0746. The molecule has 0 radical (unpaired) electrons. The first-order chi connectivity index (χ1) is 5.15. The topological polar surface area (TPSA) is 53.1 Å². The Kier molecular flexibility index (Phi) is 1.98. The van der Waals surface area contributed by atoms with Gasteiger partial charge in [0, 0.05) is 17.3 Å². The zero-order valence-corrected chi connectivity index (χ0v) is 6.64. The Morgan fingerprint density at radius 3 is 2.82 bits per heavy atom. The maximum absolute atomic E-state index is 10.8. The summed E-state index contributed by atoms with van der Waals surface area (Å²) in [7, 11) is 0. The Balaban J connectivity index is 3.36. The first-order valence-electron chi connectivity index (χ1n) is 3.57. The van der Waals surface area contributed by atoms with Crippen molar-refractivity contribution in [3.8, 4) is 5.75 Å². The van der Waals surface area contributed by atoms with E-state index in [1.165, 1.54) is 6.07 Å². The second-order valence-electron chi connectivity index (χ2n) is 2.48. The van der Waals surface area contributed by atoms with Gasteiger partial charge in [-0.1, -0.05) is 6.92 Å². The van der Waals surface area contributed by atoms with Crippen LogP contribution in [0.2, 0.25) is 0 Å². The molecule has 0 saturated heterocycles. The molecule has 1 aromatic heterocycles. The predicted octanol–water partition coefficient (Wildman–Crippen LogP) is 0.951. The fraction of sp³-hybridized carbons (Fsp3) is 0.375. The van der Waals surface area contributed by atoms with Gasteiger partial charge in [-0.25, -0.2) is 0 Å². The van der Waals surface area contributed by atoms with Gasteiger partial charge in [-0.3, -0.25) is 4.79 Å². The molecule has 1 heterocycles. The summed E-state index contributed by atoms with van der Waals surface area (Å²) < 4.78 is 0. The van der Waals surface area contributed by atoms with Crippen LogP contribution in [0, 0.1) is 6.92 Å². The Hall–Kier alpha value is -1.25. The van der Waals surface area contributed by atoms with Crippen molar-refractivity contribution in [2.75, 3.05) is 0 Å². The highest BCUT2D eigenvalue weighted by atomic mass is 16.3. The SMILES string of the molecule is CCc1[nH]c(=O)cc(O)c1C. The smallest absolute Gasteiger partial charge is 0.251 e. The summed E-state index contributed by atoms with van der Waals surface area (Å²) in [6.45, 7) is 3.71. The lowest BCUT2D eigenvalue weighted by Gasteiger charge is -2.02. The molecule has 3 nitrogen and oxygen atoms in total. The van der Waals surface area contributed by atoms with Crippen LogP contribution in [0.5, 0.6) is 5.75 Å². The molecule has 0 fully saturated rings. The molecule has 0 aliphatic heterocycles. The fourth-order valence-electron chi connectivity index (χ4n) is 1.02. The van der Waals surface area contributed by atoms with Crippen LogP contribution in [0.25, 0.3) is 0 Å². The summed E-state index contributed by atoms with van der Waals surface area (Å²) >= 11 is 0. The Morgan fingerprint density at radius 1 is 1.64 bits per heavy atom. The van der Waals surface area contributed by atoms with E-state index in [1.807, 2.05) is 6.92 Å². The highest BCUT2D eigenvalue weighted by Crippen LogP contribution is 2.14. The molecule has 0 saturated carbocycles. The van der Waals surface area contributed by atoms with Crippen LogP contribution in [0.1, 0.15) is 18.2 Å². The van der Waals surface area contributed by atoms with Crippen LogP contribution in [0.15, 0.2) is 10.9 Å². The van der Waals surface area contributed by atoms with E-state index in [1.54, 1.807) is 6.92 Å². The van der Waals surface area contributed by atoms with Crippen molar-refractivity contribution >= 4 is 0 Å². The van der Waals surface area contributed by atoms with E-state index in [0.29, 0.717) is 0 Å². The minimum Gasteiger partial charge on any atom is -0.507 e. The number of hydrogen-bond donors (Lipinski definition) is 2. The number of hydrogen-bond acceptors (Lipinski definition) is 2. The van der Waals surface area contributed by atoms with Gasteiger partial charge in [0.15, 0.2) is 0 Å². The summed E-state index contributed by atoms with van der Waals surface area (Å²) in [5.41, 5.74) is 1.31. The summed E-state index contributed by atoms with van der Waals surface area (Å²) in [4.78, 5) is 13.5. The van der Waals surface area contributed by atoms with Crippen molar-refractivity contribution in [2.45, 2.75) is 20.3 Å². The normalized spacial score (nSPS) is 10.0. The number of rotatable bonds is 1. The van der Waals surface area contributed by atoms with E-state index in [9.17, 15) is 9.90 Å². The van der Waals surface area contributed by atoms with Crippen molar-refractivity contribution in [3.05, 3.63) is 27.7 Å². The molecule has 1 aromatic rings. The molecule has 2 N–H and O–H groups in total. The van der Waals surface area contributed by atoms with Gasteiger partial charge in [0.2, 0.25) is 0 Å². The van der Waals surface area contributed by atoms with Gasteiger partial charge in [-0.15, -0.1) is 0 Å². The molecule has 0 aliphatic rings. The van der Waals surface area contributed by atoms with Gasteiger partial charge in [0.25, 0.3) is 5.56 Å². The second-order valence-corrected chi connectivity index (χ2v) is 2.48. The van der Waals surface area contributed by atoms with Crippen LogP contribution in [0.4, 0.5) is 0 Å². The molecule has 0 unspecified atom stereocenters. The standard InChI is InChI=1S/C8H11NO2/c1-3-6-5(2)7(10)4-8(11)9-6/h4H,3H2,1-2H3,(H2,9,10,11). The van der Waals surface area contributed by atoms with E-state index in [-0.39, 0.29) is 11.3 Å². The highest BCUT2D eigenvalue weighted by molar-refractivity contribution is 5.32. The largest absolute Gasteiger partial charge is 0.507 e. The average molecular weight is 153 g/mol. The summed E-state index contributed by atoms with van der Waals surface area (Å²) in [5, 5.41) is 9.19. The van der Waals surface area contributed by atoms with Gasteiger partial charge >= 0.3 is 0 Å². The molecule has 1 rings (SSSR count). The molecular formula is C8H11NO2. The molecule has 0 atom stereocenters. The molecule has 0 aromatic carbocycles. The Morgan fingerprint density at radius 2 is 2.27 bits per heavy atom. The lowest BCUT2D eigenvalue weighted by molar-refractivity contribution is 0.468. The maximum atomic E-state index is 10.8. The number of aromatic nitrogens is 1. The molecule has 60 valence electrons. The first kappa shape index (κ1) is 7.85. The van der Waals surface area contributed by atoms with Crippen molar-refractivity contribution in [2.24, 2.45) is 0 Å². The molecule has 11 heavy (non-hydrogen) atoms. The minimum atomic E-state index is -0.245. The lowest BCUT2D eigenvalue weighted by atomic mass is 10.1. The molecule has 0 bridgehead atoms. The second kappa shape index (κ2) is 2.78. The quantitative estimate of drug-likeness (QED) is 0.631. The molecule has 0 aliphatic carbocycles. The number of aromatic hydroxyl groups is 1. The van der Waals surface area contributed by atoms with Crippen LogP contribution < -0.4 is 5.56 Å². The van der Waals surface area contributed by atoms with Gasteiger partial charge < -0.3 is 10.1 Å². The van der Waals surface area contributed by atoms with Gasteiger partial charge in [0.1, 0.15) is 5.75 Å². The van der Waals surface area contributed by atoms with Gasteiger partial charge in [0.05, 0.1) is 0 Å². The van der Waals surface area contributed by atoms with Crippen LogP contribution in [-0.4, -0.2) is 10.1 Å². The van der Waals surface area contributed by atoms with E-state index in [4.69, 9.17) is 0 Å². The third-order valence-corrected chi connectivity index (χ3v) is 1.73. The average Bonchev–Trinajstić information content (AvgIpc) is 1.96. The monoisotopic (exact) mass is 153 g/mol. The maximum Gasteiger partial charge on any atom is 0.251 e. The summed E-state index contributed by atoms with van der Waals surface area (Å²) in [6, 6.07) is 1.19. The molecule has 3 heteroatoms. The van der Waals surface area contributed by atoms with Crippen molar-refractivity contribution in [1.82, 2.24) is 4.98 Å². The van der Waals surface area contributed by atoms with Crippen LogP contribution in [-0.2, 0) is 6.42 Å². The molecule has 0 spiro atoms. The van der Waals surface area contributed by atoms with Crippen molar-refractivity contribution in [3.63, 3.8) is 0 Å². The summed E-state index contributed by atoms with van der Waals surface area (Å²) in [6.07, 6.45) is 0.732. The first-order valence-corrected chi connectivity index (χ1v) is 3.57. The highest BCUT2D eigenvalue weighted by Gasteiger charge is 2.01. The number of aromatic amines is 1. The zero-order chi connectivity index (χ0) is 8.43. The van der Waals surface area contributed by atoms with Crippen LogP contribution in [0.3, 0.4) is 0 Å². The third-order valence-electron chi connectivity index (χ3n) is 1.73. The molecule has 0 amide bonds. The van der Waals surface area contributed by atoms with Crippen molar-refractivity contribution < 1.29 is 5.11 Å². The van der Waals surface area contributed by atoms with E-state index in [0.717, 1.165) is 17.7 Å². The van der Waals surface area contributed by atoms with Gasteiger partial charge in [-0.2, -0.15) is 0 Å². The fourth-order valence-corrected chi connectivity index (χ4v) is 1.02. The zero-order valence-electron chi connectivity index (χ0n) is 6.64. The minimum absolute atomic E-state index is 0.0746. The Bertz CT molecular complexity index is 314. The predicted molar refractivity (Wildman–Crippen MR) is 42.8 cm³/mol. The number of aryl methyl sites for hydroxylation is 1. The molecular weight excluding hydrogens is 142 g/mol. The van der Waals surface area contributed by atoms with E-state index in [2.05, 4.69) is 4.98 Å². The number of nitrogens with one attached hydrogen (secondary N) is 1. The number of pyridine rings is 1. The van der Waals surface area contributed by atoms with E-state index >= 15 is 0 Å². The van der Waals surface area contributed by atoms with Crippen LogP contribution >= 0.6 is 0 Å². The Labute approximate surface area is 64.7 Å². The lowest BCUT2D eigenvalue weighted by Crippen LogP contribution is -2.08. The van der Waals surface area contributed by atoms with Crippen molar-refractivity contribution in [1.29, 1.82) is 0 Å². The third kappa shape index (κ3) is 1.42. The number of H-pyrrole nitrogens is 1.